The Morgan fingerprint density at radius 2 is 1.75 bits per heavy atom. The minimum absolute atomic E-state index is 0.0893. The molecule has 24 heavy (non-hydrogen) atoms. The molecule has 0 atom stereocenters. The van der Waals surface area contributed by atoms with Gasteiger partial charge in [0.25, 0.3) is 5.91 Å². The summed E-state index contributed by atoms with van der Waals surface area (Å²) in [4.78, 5) is 23.1. The Labute approximate surface area is 140 Å². The van der Waals surface area contributed by atoms with Crippen molar-refractivity contribution in [2.24, 2.45) is 0 Å². The van der Waals surface area contributed by atoms with Crippen molar-refractivity contribution in [2.75, 3.05) is 13.1 Å². The van der Waals surface area contributed by atoms with E-state index in [1.54, 1.807) is 30.7 Å². The number of hydrogen-bond acceptors (Lipinski definition) is 3. The fourth-order valence-electron chi connectivity index (χ4n) is 2.45. The van der Waals surface area contributed by atoms with Crippen molar-refractivity contribution in [3.8, 4) is 5.69 Å². The van der Waals surface area contributed by atoms with Gasteiger partial charge in [0.1, 0.15) is 5.82 Å². The van der Waals surface area contributed by atoms with E-state index in [0.29, 0.717) is 42.1 Å². The minimum atomic E-state index is -0.322. The number of carbonyl (C=O) groups is 2. The molecule has 1 heterocycles. The quantitative estimate of drug-likeness (QED) is 0.793. The van der Waals surface area contributed by atoms with Crippen LogP contribution in [0.3, 0.4) is 0 Å². The molecule has 0 saturated carbocycles. The number of hydrogen-bond donors (Lipinski definition) is 2. The Kier molecular flexibility index (Phi) is 5.68. The highest BCUT2D eigenvalue weighted by molar-refractivity contribution is 5.96. The number of aryl methyl sites for hydroxylation is 1. The Balaban J connectivity index is 2.06. The van der Waals surface area contributed by atoms with Crippen LogP contribution in [0.5, 0.6) is 0 Å². The number of rotatable bonds is 6. The molecule has 128 valence electrons. The van der Waals surface area contributed by atoms with Gasteiger partial charge in [0, 0.05) is 20.0 Å². The maximum atomic E-state index is 13.0. The largest absolute Gasteiger partial charge is 0.356 e. The average Bonchev–Trinajstić information content (AvgIpc) is 2.82. The number of benzene rings is 1. The van der Waals surface area contributed by atoms with E-state index >= 15 is 0 Å². The summed E-state index contributed by atoms with van der Waals surface area (Å²) in [5, 5.41) is 9.87. The van der Waals surface area contributed by atoms with Crippen molar-refractivity contribution in [3.05, 3.63) is 47.0 Å². The van der Waals surface area contributed by atoms with Crippen molar-refractivity contribution in [1.29, 1.82) is 0 Å². The van der Waals surface area contributed by atoms with Crippen LogP contribution >= 0.6 is 0 Å². The molecule has 6 nitrogen and oxygen atoms in total. The van der Waals surface area contributed by atoms with Gasteiger partial charge in [0.05, 0.1) is 22.6 Å². The molecule has 1 aromatic heterocycles. The monoisotopic (exact) mass is 332 g/mol. The molecule has 0 aliphatic rings. The molecule has 0 fully saturated rings. The first-order valence-corrected chi connectivity index (χ1v) is 7.75. The Morgan fingerprint density at radius 1 is 1.12 bits per heavy atom. The molecule has 0 radical (unpaired) electrons. The highest BCUT2D eigenvalue weighted by atomic mass is 19.1. The van der Waals surface area contributed by atoms with E-state index in [2.05, 4.69) is 15.7 Å². The van der Waals surface area contributed by atoms with Crippen LogP contribution in [0.25, 0.3) is 5.69 Å². The molecule has 0 spiro atoms. The van der Waals surface area contributed by atoms with Gasteiger partial charge in [0.2, 0.25) is 5.91 Å². The second-order valence-corrected chi connectivity index (χ2v) is 5.53. The lowest BCUT2D eigenvalue weighted by Gasteiger charge is -2.07. The number of aromatic nitrogens is 2. The summed E-state index contributed by atoms with van der Waals surface area (Å²) in [6.07, 6.45) is 0.648. The molecule has 2 N–H and O–H groups in total. The summed E-state index contributed by atoms with van der Waals surface area (Å²) < 4.78 is 14.7. The highest BCUT2D eigenvalue weighted by Gasteiger charge is 2.19. The van der Waals surface area contributed by atoms with Gasteiger partial charge in [-0.2, -0.15) is 5.10 Å². The first-order chi connectivity index (χ1) is 11.4. The van der Waals surface area contributed by atoms with Crippen molar-refractivity contribution in [1.82, 2.24) is 20.4 Å². The molecule has 0 aliphatic carbocycles. The number of halogens is 1. The lowest BCUT2D eigenvalue weighted by Crippen LogP contribution is -2.29. The maximum absolute atomic E-state index is 13.0. The molecule has 1 aromatic carbocycles. The highest BCUT2D eigenvalue weighted by Crippen LogP contribution is 2.18. The van der Waals surface area contributed by atoms with Crippen LogP contribution < -0.4 is 10.6 Å². The van der Waals surface area contributed by atoms with Gasteiger partial charge in [-0.25, -0.2) is 9.07 Å². The summed E-state index contributed by atoms with van der Waals surface area (Å²) in [5.41, 5.74) is 2.51. The Bertz CT molecular complexity index is 738. The molecule has 0 bridgehead atoms. The molecular weight excluding hydrogens is 311 g/mol. The van der Waals surface area contributed by atoms with Crippen LogP contribution in [0.4, 0.5) is 4.39 Å². The van der Waals surface area contributed by atoms with Gasteiger partial charge < -0.3 is 10.6 Å². The van der Waals surface area contributed by atoms with Gasteiger partial charge >= 0.3 is 0 Å². The number of amides is 2. The predicted molar refractivity (Wildman–Crippen MR) is 88.6 cm³/mol. The lowest BCUT2D eigenvalue weighted by molar-refractivity contribution is -0.118. The SMILES string of the molecule is CC(=O)NCCCNC(=O)c1c(C)nn(-c2ccc(F)cc2)c1C. The standard InChI is InChI=1S/C17H21FN4O2/c1-11-16(17(24)20-10-4-9-19-13(3)23)12(2)22(21-11)15-7-5-14(18)6-8-15/h5-8H,4,9-10H2,1-3H3,(H,19,23)(H,20,24). The zero-order valence-corrected chi connectivity index (χ0v) is 14.0. The van der Waals surface area contributed by atoms with Crippen LogP contribution in [0.1, 0.15) is 35.1 Å². The summed E-state index contributed by atoms with van der Waals surface area (Å²) in [5.74, 6) is -0.618. The summed E-state index contributed by atoms with van der Waals surface area (Å²) in [7, 11) is 0. The van der Waals surface area contributed by atoms with Crippen molar-refractivity contribution >= 4 is 11.8 Å². The number of nitrogens with zero attached hydrogens (tertiary/aromatic N) is 2. The smallest absolute Gasteiger partial charge is 0.255 e. The van der Waals surface area contributed by atoms with Gasteiger partial charge in [-0.1, -0.05) is 0 Å². The number of carbonyl (C=O) groups excluding carboxylic acids is 2. The molecule has 0 unspecified atom stereocenters. The van der Waals surface area contributed by atoms with E-state index < -0.39 is 0 Å². The zero-order valence-electron chi connectivity index (χ0n) is 14.0. The minimum Gasteiger partial charge on any atom is -0.356 e. The van der Waals surface area contributed by atoms with Crippen LogP contribution in [0.15, 0.2) is 24.3 Å². The summed E-state index contributed by atoms with van der Waals surface area (Å²) in [6.45, 7) is 5.99. The average molecular weight is 332 g/mol. The first kappa shape index (κ1) is 17.7. The third kappa shape index (κ3) is 4.18. The maximum Gasteiger partial charge on any atom is 0.255 e. The van der Waals surface area contributed by atoms with Crippen LogP contribution in [0, 0.1) is 19.7 Å². The molecule has 2 aromatic rings. The van der Waals surface area contributed by atoms with Crippen molar-refractivity contribution < 1.29 is 14.0 Å². The van der Waals surface area contributed by atoms with E-state index in [9.17, 15) is 14.0 Å². The topological polar surface area (TPSA) is 76.0 Å². The summed E-state index contributed by atoms with van der Waals surface area (Å²) in [6, 6.07) is 5.94. The van der Waals surface area contributed by atoms with Gasteiger partial charge in [-0.05, 0) is 44.5 Å². The van der Waals surface area contributed by atoms with E-state index in [-0.39, 0.29) is 17.6 Å². The fourth-order valence-corrected chi connectivity index (χ4v) is 2.45. The zero-order chi connectivity index (χ0) is 17.7. The molecule has 2 amide bonds. The second-order valence-electron chi connectivity index (χ2n) is 5.53. The molecule has 2 rings (SSSR count). The van der Waals surface area contributed by atoms with E-state index in [4.69, 9.17) is 0 Å². The van der Waals surface area contributed by atoms with Crippen LogP contribution in [-0.4, -0.2) is 34.7 Å². The Morgan fingerprint density at radius 3 is 2.38 bits per heavy atom. The third-order valence-corrected chi connectivity index (χ3v) is 3.60. The van der Waals surface area contributed by atoms with Gasteiger partial charge in [-0.15, -0.1) is 0 Å². The summed E-state index contributed by atoms with van der Waals surface area (Å²) >= 11 is 0. The van der Waals surface area contributed by atoms with Crippen molar-refractivity contribution in [3.63, 3.8) is 0 Å². The Hall–Kier alpha value is -2.70. The molecule has 0 saturated heterocycles. The normalized spacial score (nSPS) is 10.5. The molecule has 7 heteroatoms. The van der Waals surface area contributed by atoms with Crippen LogP contribution in [-0.2, 0) is 4.79 Å². The van der Waals surface area contributed by atoms with E-state index in [0.717, 1.165) is 0 Å². The molecule has 0 aliphatic heterocycles. The number of nitrogens with one attached hydrogen (secondary N) is 2. The third-order valence-electron chi connectivity index (χ3n) is 3.60. The van der Waals surface area contributed by atoms with Crippen LogP contribution in [0.2, 0.25) is 0 Å². The van der Waals surface area contributed by atoms with E-state index in [1.807, 2.05) is 0 Å². The van der Waals surface area contributed by atoms with Crippen molar-refractivity contribution in [2.45, 2.75) is 27.2 Å². The van der Waals surface area contributed by atoms with Gasteiger partial charge in [-0.3, -0.25) is 9.59 Å². The fraction of sp³-hybridized carbons (Fsp3) is 0.353. The first-order valence-electron chi connectivity index (χ1n) is 7.75. The van der Waals surface area contributed by atoms with Gasteiger partial charge in [0.15, 0.2) is 0 Å². The molecular formula is C17H21FN4O2. The van der Waals surface area contributed by atoms with E-state index in [1.165, 1.54) is 19.1 Å². The predicted octanol–water partition coefficient (Wildman–Crippen LogP) is 1.88. The lowest BCUT2D eigenvalue weighted by atomic mass is 10.2. The second kappa shape index (κ2) is 7.72.